The Hall–Kier alpha value is -2.56. The Labute approximate surface area is 118 Å². The monoisotopic (exact) mass is 271 g/mol. The fourth-order valence-electron chi connectivity index (χ4n) is 1.72. The van der Waals surface area contributed by atoms with E-state index in [1.54, 1.807) is 42.5 Å². The van der Waals surface area contributed by atoms with Crippen LogP contribution in [0, 0.1) is 0 Å². The van der Waals surface area contributed by atoms with Gasteiger partial charge in [-0.15, -0.1) is 0 Å². The van der Waals surface area contributed by atoms with E-state index in [2.05, 4.69) is 4.98 Å². The molecular weight excluding hydrogens is 254 g/mol. The van der Waals surface area contributed by atoms with Gasteiger partial charge < -0.3 is 15.4 Å². The minimum atomic E-state index is -0.0260. The number of benzene rings is 1. The smallest absolute Gasteiger partial charge is 0.230 e. The Morgan fingerprint density at radius 3 is 2.90 bits per heavy atom. The van der Waals surface area contributed by atoms with Crippen LogP contribution in [-0.4, -0.2) is 24.5 Å². The van der Waals surface area contributed by atoms with E-state index in [4.69, 9.17) is 10.5 Å². The summed E-state index contributed by atoms with van der Waals surface area (Å²) >= 11 is 0. The van der Waals surface area contributed by atoms with Crippen LogP contribution in [0.2, 0.25) is 0 Å². The van der Waals surface area contributed by atoms with Crippen LogP contribution in [0.5, 0.6) is 5.75 Å². The number of hydrogen-bond donors (Lipinski definition) is 1. The second-order valence-electron chi connectivity index (χ2n) is 4.33. The number of nitrogen functional groups attached to an aromatic ring is 1. The lowest BCUT2D eigenvalue weighted by Crippen LogP contribution is -2.27. The molecule has 1 aromatic carbocycles. The first-order valence-corrected chi connectivity index (χ1v) is 6.32. The Kier molecular flexibility index (Phi) is 4.55. The van der Waals surface area contributed by atoms with Crippen molar-refractivity contribution in [2.75, 3.05) is 24.3 Å². The van der Waals surface area contributed by atoms with Crippen LogP contribution in [0.3, 0.4) is 0 Å². The van der Waals surface area contributed by atoms with Gasteiger partial charge in [0, 0.05) is 25.0 Å². The lowest BCUT2D eigenvalue weighted by molar-refractivity contribution is -0.118. The van der Waals surface area contributed by atoms with Crippen molar-refractivity contribution in [2.24, 2.45) is 0 Å². The van der Waals surface area contributed by atoms with Gasteiger partial charge in [0.2, 0.25) is 5.91 Å². The highest BCUT2D eigenvalue weighted by Crippen LogP contribution is 2.15. The third kappa shape index (κ3) is 3.71. The van der Waals surface area contributed by atoms with E-state index in [1.165, 1.54) is 0 Å². The molecule has 5 nitrogen and oxygen atoms in total. The Balaban J connectivity index is 1.83. The largest absolute Gasteiger partial charge is 0.493 e. The second kappa shape index (κ2) is 6.56. The van der Waals surface area contributed by atoms with Crippen molar-refractivity contribution >= 4 is 17.3 Å². The van der Waals surface area contributed by atoms with Crippen molar-refractivity contribution in [1.29, 1.82) is 0 Å². The van der Waals surface area contributed by atoms with E-state index in [0.717, 1.165) is 5.69 Å². The van der Waals surface area contributed by atoms with Crippen molar-refractivity contribution in [3.8, 4) is 5.75 Å². The maximum Gasteiger partial charge on any atom is 0.230 e. The minimum absolute atomic E-state index is 0.0260. The number of hydrogen-bond acceptors (Lipinski definition) is 4. The molecule has 2 aromatic rings. The van der Waals surface area contributed by atoms with Gasteiger partial charge in [-0.05, 0) is 24.3 Å². The molecule has 1 aromatic heterocycles. The summed E-state index contributed by atoms with van der Waals surface area (Å²) in [6.07, 6.45) is 3.61. The molecule has 0 spiro atoms. The van der Waals surface area contributed by atoms with Gasteiger partial charge in [0.05, 0.1) is 24.9 Å². The van der Waals surface area contributed by atoms with E-state index in [9.17, 15) is 4.79 Å². The molecular formula is C15H17N3O2. The number of rotatable bonds is 5. The van der Waals surface area contributed by atoms with Gasteiger partial charge in [-0.2, -0.15) is 0 Å². The molecule has 2 rings (SSSR count). The summed E-state index contributed by atoms with van der Waals surface area (Å²) in [4.78, 5) is 17.5. The molecule has 0 fully saturated rings. The molecule has 0 unspecified atom stereocenters. The first kappa shape index (κ1) is 13.9. The predicted octanol–water partition coefficient (Wildman–Crippen LogP) is 2.10. The van der Waals surface area contributed by atoms with Crippen molar-refractivity contribution in [3.63, 3.8) is 0 Å². The lowest BCUT2D eigenvalue weighted by Gasteiger charge is -2.16. The van der Waals surface area contributed by atoms with Crippen molar-refractivity contribution in [1.82, 2.24) is 4.98 Å². The Morgan fingerprint density at radius 1 is 1.35 bits per heavy atom. The zero-order chi connectivity index (χ0) is 14.4. The van der Waals surface area contributed by atoms with Crippen LogP contribution in [0.15, 0.2) is 48.8 Å². The molecule has 0 aliphatic carbocycles. The molecule has 104 valence electrons. The normalized spacial score (nSPS) is 10.1. The highest BCUT2D eigenvalue weighted by atomic mass is 16.5. The SMILES string of the molecule is CN(C(=O)CCOc1cccc(N)c1)c1cccnc1. The number of carbonyl (C=O) groups excluding carboxylic acids is 1. The number of amides is 1. The highest BCUT2D eigenvalue weighted by molar-refractivity contribution is 5.92. The number of nitrogens with zero attached hydrogens (tertiary/aromatic N) is 2. The van der Waals surface area contributed by atoms with Crippen LogP contribution >= 0.6 is 0 Å². The fourth-order valence-corrected chi connectivity index (χ4v) is 1.72. The van der Waals surface area contributed by atoms with Crippen LogP contribution in [-0.2, 0) is 4.79 Å². The van der Waals surface area contributed by atoms with Gasteiger partial charge in [0.25, 0.3) is 0 Å². The average molecular weight is 271 g/mol. The second-order valence-corrected chi connectivity index (χ2v) is 4.33. The third-order valence-electron chi connectivity index (χ3n) is 2.85. The van der Waals surface area contributed by atoms with E-state index in [-0.39, 0.29) is 5.91 Å². The molecule has 0 radical (unpaired) electrons. The summed E-state index contributed by atoms with van der Waals surface area (Å²) in [5.41, 5.74) is 7.06. The van der Waals surface area contributed by atoms with Crippen molar-refractivity contribution in [3.05, 3.63) is 48.8 Å². The maximum atomic E-state index is 12.0. The number of pyridine rings is 1. The van der Waals surface area contributed by atoms with Crippen LogP contribution < -0.4 is 15.4 Å². The fraction of sp³-hybridized carbons (Fsp3) is 0.200. The summed E-state index contributed by atoms with van der Waals surface area (Å²) in [6, 6.07) is 10.8. The molecule has 0 saturated carbocycles. The van der Waals surface area contributed by atoms with E-state index in [0.29, 0.717) is 24.5 Å². The number of aromatic nitrogens is 1. The summed E-state index contributed by atoms with van der Waals surface area (Å²) < 4.78 is 5.50. The molecule has 2 N–H and O–H groups in total. The minimum Gasteiger partial charge on any atom is -0.493 e. The summed E-state index contributed by atoms with van der Waals surface area (Å²) in [7, 11) is 1.72. The zero-order valence-electron chi connectivity index (χ0n) is 11.3. The standard InChI is InChI=1S/C15H17N3O2/c1-18(13-5-3-8-17-11-13)15(19)7-9-20-14-6-2-4-12(16)10-14/h2-6,8,10-11H,7,9,16H2,1H3. The van der Waals surface area contributed by atoms with E-state index < -0.39 is 0 Å². The molecule has 20 heavy (non-hydrogen) atoms. The Bertz CT molecular complexity index is 572. The van der Waals surface area contributed by atoms with Gasteiger partial charge >= 0.3 is 0 Å². The molecule has 1 heterocycles. The third-order valence-corrected chi connectivity index (χ3v) is 2.85. The van der Waals surface area contributed by atoms with Gasteiger partial charge in [-0.25, -0.2) is 0 Å². The number of nitrogens with two attached hydrogens (primary N) is 1. The van der Waals surface area contributed by atoms with Crippen LogP contribution in [0.1, 0.15) is 6.42 Å². The first-order chi connectivity index (χ1) is 9.66. The van der Waals surface area contributed by atoms with Crippen LogP contribution in [0.25, 0.3) is 0 Å². The highest BCUT2D eigenvalue weighted by Gasteiger charge is 2.10. The molecule has 0 saturated heterocycles. The summed E-state index contributed by atoms with van der Waals surface area (Å²) in [5, 5.41) is 0. The van der Waals surface area contributed by atoms with Crippen LogP contribution in [0.4, 0.5) is 11.4 Å². The van der Waals surface area contributed by atoms with E-state index in [1.807, 2.05) is 18.2 Å². The van der Waals surface area contributed by atoms with Crippen molar-refractivity contribution in [2.45, 2.75) is 6.42 Å². The molecule has 0 aliphatic rings. The molecule has 0 aliphatic heterocycles. The molecule has 0 bridgehead atoms. The summed E-state index contributed by atoms with van der Waals surface area (Å²) in [5.74, 6) is 0.642. The lowest BCUT2D eigenvalue weighted by atomic mass is 10.3. The van der Waals surface area contributed by atoms with E-state index >= 15 is 0 Å². The van der Waals surface area contributed by atoms with Gasteiger partial charge in [-0.3, -0.25) is 9.78 Å². The predicted molar refractivity (Wildman–Crippen MR) is 78.6 cm³/mol. The topological polar surface area (TPSA) is 68.5 Å². The van der Waals surface area contributed by atoms with Gasteiger partial charge in [0.15, 0.2) is 0 Å². The molecule has 1 amide bonds. The van der Waals surface area contributed by atoms with Crippen molar-refractivity contribution < 1.29 is 9.53 Å². The molecule has 5 heteroatoms. The average Bonchev–Trinajstić information content (AvgIpc) is 2.47. The van der Waals surface area contributed by atoms with Gasteiger partial charge in [-0.1, -0.05) is 6.07 Å². The maximum absolute atomic E-state index is 12.0. The zero-order valence-corrected chi connectivity index (χ0v) is 11.3. The molecule has 0 atom stereocenters. The number of anilines is 2. The van der Waals surface area contributed by atoms with Gasteiger partial charge in [0.1, 0.15) is 5.75 Å². The number of carbonyl (C=O) groups is 1. The quantitative estimate of drug-likeness (QED) is 0.845. The number of ether oxygens (including phenoxy) is 1. The summed E-state index contributed by atoms with van der Waals surface area (Å²) in [6.45, 7) is 0.312. The first-order valence-electron chi connectivity index (χ1n) is 6.32. The Morgan fingerprint density at radius 2 is 2.20 bits per heavy atom.